The third-order valence-electron chi connectivity index (χ3n) is 6.80. The number of nitrogens with zero attached hydrogens (tertiary/aromatic N) is 5. The summed E-state index contributed by atoms with van der Waals surface area (Å²) in [5, 5.41) is 5.41. The SMILES string of the molecule is CCO/N=C(\c1ccc(F)c(F)c1)c1ccc(CN2CCC(c3cn(C)c4cnccc34)CC2)cn1. The van der Waals surface area contributed by atoms with Crippen LogP contribution in [0, 0.1) is 11.6 Å². The maximum Gasteiger partial charge on any atom is 0.159 e. The van der Waals surface area contributed by atoms with Crippen LogP contribution in [0.5, 0.6) is 0 Å². The first-order valence-electron chi connectivity index (χ1n) is 12.3. The lowest BCUT2D eigenvalue weighted by molar-refractivity contribution is 0.159. The van der Waals surface area contributed by atoms with Gasteiger partial charge in [0.05, 0.1) is 17.4 Å². The number of halogens is 2. The van der Waals surface area contributed by atoms with E-state index in [-0.39, 0.29) is 0 Å². The Labute approximate surface area is 209 Å². The van der Waals surface area contributed by atoms with Crippen LogP contribution in [0.4, 0.5) is 8.78 Å². The maximum absolute atomic E-state index is 13.8. The molecule has 3 aromatic heterocycles. The molecule has 0 bridgehead atoms. The van der Waals surface area contributed by atoms with Gasteiger partial charge in [-0.15, -0.1) is 0 Å². The number of pyridine rings is 2. The van der Waals surface area contributed by atoms with Crippen molar-refractivity contribution in [3.05, 3.63) is 95.2 Å². The lowest BCUT2D eigenvalue weighted by atomic mass is 9.89. The number of likely N-dealkylation sites (tertiary alicyclic amines) is 1. The van der Waals surface area contributed by atoms with Crippen molar-refractivity contribution in [1.29, 1.82) is 0 Å². The molecule has 1 fully saturated rings. The third kappa shape index (κ3) is 4.99. The molecule has 0 amide bonds. The fourth-order valence-electron chi connectivity index (χ4n) is 4.92. The van der Waals surface area contributed by atoms with Crippen molar-refractivity contribution in [2.45, 2.75) is 32.2 Å². The predicted molar refractivity (Wildman–Crippen MR) is 136 cm³/mol. The molecule has 6 nitrogen and oxygen atoms in total. The summed E-state index contributed by atoms with van der Waals surface area (Å²) in [5.41, 5.74) is 5.01. The predicted octanol–water partition coefficient (Wildman–Crippen LogP) is 5.42. The van der Waals surface area contributed by atoms with E-state index in [1.807, 2.05) is 37.6 Å². The zero-order chi connectivity index (χ0) is 25.1. The van der Waals surface area contributed by atoms with Crippen LogP contribution >= 0.6 is 0 Å². The molecule has 1 saturated heterocycles. The summed E-state index contributed by atoms with van der Waals surface area (Å²) in [4.78, 5) is 16.5. The van der Waals surface area contributed by atoms with Gasteiger partial charge in [-0.1, -0.05) is 11.2 Å². The van der Waals surface area contributed by atoms with Crippen LogP contribution in [0.2, 0.25) is 0 Å². The average molecular weight is 490 g/mol. The highest BCUT2D eigenvalue weighted by Crippen LogP contribution is 2.34. The summed E-state index contributed by atoms with van der Waals surface area (Å²) in [6.45, 7) is 5.00. The molecule has 0 unspecified atom stereocenters. The molecule has 186 valence electrons. The zero-order valence-corrected chi connectivity index (χ0v) is 20.5. The summed E-state index contributed by atoms with van der Waals surface area (Å²) in [6.07, 6.45) is 10.1. The highest BCUT2D eigenvalue weighted by atomic mass is 19.2. The number of benzene rings is 1. The monoisotopic (exact) mass is 489 g/mol. The molecule has 5 rings (SSSR count). The third-order valence-corrected chi connectivity index (χ3v) is 6.80. The summed E-state index contributed by atoms with van der Waals surface area (Å²) in [7, 11) is 2.08. The van der Waals surface area contributed by atoms with Gasteiger partial charge < -0.3 is 9.40 Å². The van der Waals surface area contributed by atoms with Crippen molar-refractivity contribution in [2.75, 3.05) is 19.7 Å². The van der Waals surface area contributed by atoms with E-state index >= 15 is 0 Å². The van der Waals surface area contributed by atoms with Crippen LogP contribution in [0.1, 0.15) is 48.1 Å². The van der Waals surface area contributed by atoms with Crippen molar-refractivity contribution in [3.63, 3.8) is 0 Å². The largest absolute Gasteiger partial charge is 0.396 e. The molecule has 8 heteroatoms. The molecule has 0 spiro atoms. The average Bonchev–Trinajstić information content (AvgIpc) is 3.24. The van der Waals surface area contributed by atoms with Gasteiger partial charge in [0.1, 0.15) is 12.3 Å². The number of fused-ring (bicyclic) bond motifs is 1. The fraction of sp³-hybridized carbons (Fsp3) is 0.321. The lowest BCUT2D eigenvalue weighted by Gasteiger charge is -2.32. The van der Waals surface area contributed by atoms with Gasteiger partial charge in [-0.05, 0) is 80.2 Å². The molecule has 1 aromatic carbocycles. The van der Waals surface area contributed by atoms with E-state index in [9.17, 15) is 8.78 Å². The molecule has 0 atom stereocenters. The van der Waals surface area contributed by atoms with Gasteiger partial charge in [-0.3, -0.25) is 14.9 Å². The normalized spacial score (nSPS) is 15.5. The quantitative estimate of drug-likeness (QED) is 0.257. The minimum atomic E-state index is -0.933. The van der Waals surface area contributed by atoms with E-state index in [2.05, 4.69) is 43.9 Å². The van der Waals surface area contributed by atoms with E-state index in [0.717, 1.165) is 50.2 Å². The van der Waals surface area contributed by atoms with Crippen LogP contribution in [0.25, 0.3) is 10.9 Å². The standard InChI is InChI=1S/C28H29F2N5O/c1-3-36-33-28(21-5-6-24(29)25(30)14-21)26-7-4-19(15-32-26)17-35-12-9-20(10-13-35)23-18-34(2)27-16-31-11-8-22(23)27/h4-8,11,14-16,18,20H,3,9-10,12-13,17H2,1-2H3/b33-28+. The van der Waals surface area contributed by atoms with E-state index in [1.165, 1.54) is 22.5 Å². The number of aryl methyl sites for hydroxylation is 1. The van der Waals surface area contributed by atoms with E-state index in [4.69, 9.17) is 4.84 Å². The van der Waals surface area contributed by atoms with Gasteiger partial charge in [0.25, 0.3) is 0 Å². The van der Waals surface area contributed by atoms with Crippen LogP contribution < -0.4 is 0 Å². The van der Waals surface area contributed by atoms with Gasteiger partial charge in [-0.2, -0.15) is 0 Å². The van der Waals surface area contributed by atoms with Crippen molar-refractivity contribution < 1.29 is 13.6 Å². The highest BCUT2D eigenvalue weighted by Gasteiger charge is 2.23. The van der Waals surface area contributed by atoms with E-state index < -0.39 is 11.6 Å². The highest BCUT2D eigenvalue weighted by molar-refractivity contribution is 6.11. The minimum absolute atomic E-state index is 0.358. The first-order valence-corrected chi connectivity index (χ1v) is 12.3. The van der Waals surface area contributed by atoms with E-state index in [1.54, 1.807) is 0 Å². The van der Waals surface area contributed by atoms with Crippen LogP contribution in [-0.2, 0) is 18.4 Å². The Morgan fingerprint density at radius 3 is 2.64 bits per heavy atom. The molecule has 0 aliphatic carbocycles. The van der Waals surface area contributed by atoms with Gasteiger partial charge in [0.2, 0.25) is 0 Å². The van der Waals surface area contributed by atoms with Crippen molar-refractivity contribution in [1.82, 2.24) is 19.4 Å². The van der Waals surface area contributed by atoms with Crippen molar-refractivity contribution in [2.24, 2.45) is 12.2 Å². The van der Waals surface area contributed by atoms with Gasteiger partial charge in [0.15, 0.2) is 11.6 Å². The Balaban J connectivity index is 1.25. The number of rotatable bonds is 7. The summed E-state index contributed by atoms with van der Waals surface area (Å²) < 4.78 is 29.4. The van der Waals surface area contributed by atoms with Crippen LogP contribution in [0.15, 0.2) is 66.3 Å². The van der Waals surface area contributed by atoms with Gasteiger partial charge >= 0.3 is 0 Å². The number of hydrogen-bond acceptors (Lipinski definition) is 5. The smallest absolute Gasteiger partial charge is 0.159 e. The Morgan fingerprint density at radius 1 is 1.08 bits per heavy atom. The molecule has 0 saturated carbocycles. The summed E-state index contributed by atoms with van der Waals surface area (Å²) >= 11 is 0. The fourth-order valence-corrected chi connectivity index (χ4v) is 4.92. The molecular weight excluding hydrogens is 460 g/mol. The molecule has 0 radical (unpaired) electrons. The molecule has 4 heterocycles. The molecule has 0 N–H and O–H groups in total. The second-order valence-electron chi connectivity index (χ2n) is 9.18. The lowest BCUT2D eigenvalue weighted by Crippen LogP contribution is -2.32. The Bertz CT molecular complexity index is 1370. The summed E-state index contributed by atoms with van der Waals surface area (Å²) in [6, 6.07) is 9.65. The van der Waals surface area contributed by atoms with Gasteiger partial charge in [0, 0.05) is 43.1 Å². The molecule has 36 heavy (non-hydrogen) atoms. The first-order chi connectivity index (χ1) is 17.5. The maximum atomic E-state index is 13.8. The second-order valence-corrected chi connectivity index (χ2v) is 9.18. The number of hydrogen-bond donors (Lipinski definition) is 0. The molecule has 1 aliphatic rings. The number of piperidine rings is 1. The molecule has 1 aliphatic heterocycles. The van der Waals surface area contributed by atoms with E-state index in [0.29, 0.717) is 29.5 Å². The topological polar surface area (TPSA) is 55.5 Å². The summed E-state index contributed by atoms with van der Waals surface area (Å²) in [5.74, 6) is -1.29. The zero-order valence-electron chi connectivity index (χ0n) is 20.5. The van der Waals surface area contributed by atoms with Crippen LogP contribution in [0.3, 0.4) is 0 Å². The number of oxime groups is 1. The molecule has 4 aromatic rings. The van der Waals surface area contributed by atoms with Crippen LogP contribution in [-0.4, -0.2) is 44.8 Å². The van der Waals surface area contributed by atoms with Crippen molar-refractivity contribution in [3.8, 4) is 0 Å². The second kappa shape index (κ2) is 10.5. The molecular formula is C28H29F2N5O. The minimum Gasteiger partial charge on any atom is -0.396 e. The Hall–Kier alpha value is -3.65. The Kier molecular flexibility index (Phi) is 7.04. The first kappa shape index (κ1) is 24.1. The number of aromatic nitrogens is 3. The Morgan fingerprint density at radius 2 is 1.92 bits per heavy atom. The van der Waals surface area contributed by atoms with Crippen molar-refractivity contribution >= 4 is 16.6 Å². The van der Waals surface area contributed by atoms with Gasteiger partial charge in [-0.25, -0.2) is 8.78 Å².